The molecule has 2 rings (SSSR count). The lowest BCUT2D eigenvalue weighted by molar-refractivity contribution is -0.384. The summed E-state index contributed by atoms with van der Waals surface area (Å²) in [6.07, 6.45) is 0. The summed E-state index contributed by atoms with van der Waals surface area (Å²) in [6.45, 7) is 3.45. The average molecular weight is 284 g/mol. The van der Waals surface area contributed by atoms with Gasteiger partial charge in [-0.05, 0) is 31.0 Å². The summed E-state index contributed by atoms with van der Waals surface area (Å²) < 4.78 is 5.16. The molecule has 0 aliphatic rings. The molecule has 0 unspecified atom stereocenters. The van der Waals surface area contributed by atoms with E-state index in [9.17, 15) is 10.1 Å². The van der Waals surface area contributed by atoms with Gasteiger partial charge in [-0.3, -0.25) is 15.1 Å². The Morgan fingerprint density at radius 3 is 2.29 bits per heavy atom. The molecule has 0 saturated heterocycles. The second kappa shape index (κ2) is 6.38. The van der Waals surface area contributed by atoms with Crippen molar-refractivity contribution >= 4 is 29.5 Å². The second-order valence-corrected chi connectivity index (χ2v) is 3.99. The van der Waals surface area contributed by atoms with Crippen LogP contribution in [0.1, 0.15) is 0 Å². The van der Waals surface area contributed by atoms with Crippen LogP contribution < -0.4 is 4.74 Å². The van der Waals surface area contributed by atoms with Crippen LogP contribution in [0, 0.1) is 10.1 Å². The molecule has 2 aromatic carbocycles. The molecule has 2 aromatic rings. The Balaban J connectivity index is 2.20. The third-order valence-electron chi connectivity index (χ3n) is 2.68. The van der Waals surface area contributed by atoms with E-state index in [1.165, 1.54) is 31.4 Å². The molecule has 0 aliphatic carbocycles. The molecule has 0 saturated carbocycles. The van der Waals surface area contributed by atoms with Crippen LogP contribution in [-0.2, 0) is 0 Å². The molecule has 0 aliphatic heterocycles. The zero-order valence-electron chi connectivity index (χ0n) is 11.3. The van der Waals surface area contributed by atoms with E-state index in [-0.39, 0.29) is 5.69 Å². The fraction of sp³-hybridized carbons (Fsp3) is 0.0714. The standard InChI is InChI=1S/C14H12N4O3/c1-15-13-8-5-11(9-14(13)21-2)17-16-10-3-6-12(7-4-10)18(19)20/h3-9H,1H2,2H3/b17-16+. The molecular formula is C14H12N4O3. The van der Waals surface area contributed by atoms with Gasteiger partial charge in [0.05, 0.1) is 23.4 Å². The molecule has 0 heterocycles. The van der Waals surface area contributed by atoms with Gasteiger partial charge in [-0.25, -0.2) is 0 Å². The van der Waals surface area contributed by atoms with Crippen LogP contribution in [0.25, 0.3) is 0 Å². The third-order valence-corrected chi connectivity index (χ3v) is 2.68. The number of methoxy groups -OCH3 is 1. The van der Waals surface area contributed by atoms with Crippen molar-refractivity contribution in [3.63, 3.8) is 0 Å². The van der Waals surface area contributed by atoms with Gasteiger partial charge in [0.15, 0.2) is 0 Å². The first-order chi connectivity index (χ1) is 10.1. The number of nitro benzene ring substituents is 1. The largest absolute Gasteiger partial charge is 0.494 e. The smallest absolute Gasteiger partial charge is 0.269 e. The third kappa shape index (κ3) is 3.47. The summed E-state index contributed by atoms with van der Waals surface area (Å²) in [5.74, 6) is 0.546. The Morgan fingerprint density at radius 1 is 1.10 bits per heavy atom. The quantitative estimate of drug-likeness (QED) is 0.353. The van der Waals surface area contributed by atoms with E-state index in [2.05, 4.69) is 21.9 Å². The molecule has 0 aromatic heterocycles. The Hall–Kier alpha value is -3.09. The minimum atomic E-state index is -0.465. The van der Waals surface area contributed by atoms with E-state index in [4.69, 9.17) is 4.74 Å². The molecule has 106 valence electrons. The summed E-state index contributed by atoms with van der Waals surface area (Å²) in [5.41, 5.74) is 1.73. The maximum atomic E-state index is 10.5. The minimum Gasteiger partial charge on any atom is -0.494 e. The fourth-order valence-corrected chi connectivity index (χ4v) is 1.62. The van der Waals surface area contributed by atoms with Gasteiger partial charge in [-0.15, -0.1) is 0 Å². The highest BCUT2D eigenvalue weighted by atomic mass is 16.6. The van der Waals surface area contributed by atoms with Crippen molar-refractivity contribution in [2.45, 2.75) is 0 Å². The summed E-state index contributed by atoms with van der Waals surface area (Å²) in [7, 11) is 1.53. The number of aliphatic imine (C=N–C) groups is 1. The number of hydrogen-bond donors (Lipinski definition) is 0. The van der Waals surface area contributed by atoms with Crippen molar-refractivity contribution in [3.05, 3.63) is 52.6 Å². The Labute approximate surface area is 120 Å². The topological polar surface area (TPSA) is 89.5 Å². The number of non-ortho nitro benzene ring substituents is 1. The summed E-state index contributed by atoms with van der Waals surface area (Å²) in [4.78, 5) is 13.9. The van der Waals surface area contributed by atoms with Crippen LogP contribution >= 0.6 is 0 Å². The van der Waals surface area contributed by atoms with Crippen molar-refractivity contribution in [1.29, 1.82) is 0 Å². The van der Waals surface area contributed by atoms with Crippen LogP contribution in [0.3, 0.4) is 0 Å². The van der Waals surface area contributed by atoms with Crippen LogP contribution in [0.2, 0.25) is 0 Å². The number of nitro groups is 1. The second-order valence-electron chi connectivity index (χ2n) is 3.99. The summed E-state index contributed by atoms with van der Waals surface area (Å²) >= 11 is 0. The number of rotatable bonds is 5. The highest BCUT2D eigenvalue weighted by Gasteiger charge is 2.04. The van der Waals surface area contributed by atoms with E-state index in [0.29, 0.717) is 22.8 Å². The van der Waals surface area contributed by atoms with Gasteiger partial charge in [-0.1, -0.05) is 0 Å². The first kappa shape index (κ1) is 14.3. The molecular weight excluding hydrogens is 272 g/mol. The normalized spacial score (nSPS) is 10.5. The van der Waals surface area contributed by atoms with Crippen LogP contribution in [0.5, 0.6) is 5.75 Å². The van der Waals surface area contributed by atoms with Crippen molar-refractivity contribution in [2.75, 3.05) is 7.11 Å². The lowest BCUT2D eigenvalue weighted by Gasteiger charge is -2.03. The van der Waals surface area contributed by atoms with Crippen LogP contribution in [-0.4, -0.2) is 18.8 Å². The maximum absolute atomic E-state index is 10.5. The van der Waals surface area contributed by atoms with E-state index in [1.807, 2.05) is 0 Å². The highest BCUT2D eigenvalue weighted by molar-refractivity contribution is 5.61. The first-order valence-corrected chi connectivity index (χ1v) is 5.95. The zero-order chi connectivity index (χ0) is 15.2. The molecule has 7 nitrogen and oxygen atoms in total. The first-order valence-electron chi connectivity index (χ1n) is 5.95. The molecule has 0 fully saturated rings. The average Bonchev–Trinajstić information content (AvgIpc) is 2.52. The van der Waals surface area contributed by atoms with Gasteiger partial charge >= 0.3 is 0 Å². The molecule has 0 bridgehead atoms. The Kier molecular flexibility index (Phi) is 4.35. The molecule has 0 amide bonds. The van der Waals surface area contributed by atoms with Gasteiger partial charge in [0, 0.05) is 18.2 Å². The van der Waals surface area contributed by atoms with Gasteiger partial charge in [0.25, 0.3) is 5.69 Å². The lowest BCUT2D eigenvalue weighted by Crippen LogP contribution is -1.85. The van der Waals surface area contributed by atoms with E-state index in [1.54, 1.807) is 18.2 Å². The number of nitrogens with zero attached hydrogens (tertiary/aromatic N) is 4. The van der Waals surface area contributed by atoms with Crippen molar-refractivity contribution in [1.82, 2.24) is 0 Å². The SMILES string of the molecule is C=Nc1ccc(/N=N/c2ccc([N+](=O)[O-])cc2)cc1OC. The van der Waals surface area contributed by atoms with E-state index >= 15 is 0 Å². The predicted octanol–water partition coefficient (Wildman–Crippen LogP) is 4.35. The maximum Gasteiger partial charge on any atom is 0.269 e. The number of benzene rings is 2. The lowest BCUT2D eigenvalue weighted by atomic mass is 10.2. The number of azo groups is 1. The molecule has 7 heteroatoms. The van der Waals surface area contributed by atoms with Gasteiger partial charge in [0.2, 0.25) is 0 Å². The molecule has 21 heavy (non-hydrogen) atoms. The summed E-state index contributed by atoms with van der Waals surface area (Å²) in [6, 6.07) is 10.9. The Bertz CT molecular complexity index is 696. The van der Waals surface area contributed by atoms with Gasteiger partial charge in [0.1, 0.15) is 11.4 Å². The number of ether oxygens (including phenoxy) is 1. The summed E-state index contributed by atoms with van der Waals surface area (Å²) in [5, 5.41) is 18.6. The molecule has 0 N–H and O–H groups in total. The molecule has 0 atom stereocenters. The molecule has 0 spiro atoms. The monoisotopic (exact) mass is 284 g/mol. The van der Waals surface area contributed by atoms with E-state index < -0.39 is 4.92 Å². The fourth-order valence-electron chi connectivity index (χ4n) is 1.62. The van der Waals surface area contributed by atoms with E-state index in [0.717, 1.165) is 0 Å². The van der Waals surface area contributed by atoms with Crippen molar-refractivity contribution in [3.8, 4) is 5.75 Å². The van der Waals surface area contributed by atoms with Gasteiger partial charge < -0.3 is 4.74 Å². The van der Waals surface area contributed by atoms with Crippen LogP contribution in [0.15, 0.2) is 57.7 Å². The predicted molar refractivity (Wildman–Crippen MR) is 79.5 cm³/mol. The minimum absolute atomic E-state index is 0.0111. The van der Waals surface area contributed by atoms with Crippen molar-refractivity contribution in [2.24, 2.45) is 15.2 Å². The van der Waals surface area contributed by atoms with Crippen LogP contribution in [0.4, 0.5) is 22.7 Å². The molecule has 0 radical (unpaired) electrons. The highest BCUT2D eigenvalue weighted by Crippen LogP contribution is 2.32. The Morgan fingerprint density at radius 2 is 1.71 bits per heavy atom. The van der Waals surface area contributed by atoms with Gasteiger partial charge in [-0.2, -0.15) is 10.2 Å². The van der Waals surface area contributed by atoms with Crippen molar-refractivity contribution < 1.29 is 9.66 Å². The zero-order valence-corrected chi connectivity index (χ0v) is 11.3. The number of hydrogen-bond acceptors (Lipinski definition) is 6.